The third-order valence-corrected chi connectivity index (χ3v) is 8.45. The van der Waals surface area contributed by atoms with E-state index in [0.29, 0.717) is 21.5 Å². The molecule has 5 rings (SSSR count). The molecule has 0 bridgehead atoms. The van der Waals surface area contributed by atoms with Crippen LogP contribution in [0.15, 0.2) is 53.9 Å². The van der Waals surface area contributed by atoms with Crippen LogP contribution in [0.4, 0.5) is 5.69 Å². The summed E-state index contributed by atoms with van der Waals surface area (Å²) in [5, 5.41) is 2.71. The summed E-state index contributed by atoms with van der Waals surface area (Å²) >= 11 is 14.0. The van der Waals surface area contributed by atoms with Crippen LogP contribution < -0.4 is 9.64 Å². The zero-order valence-electron chi connectivity index (χ0n) is 20.0. The first kappa shape index (κ1) is 25.1. The number of ether oxygens (including phenoxy) is 1. The number of likely N-dealkylation sites (N-methyl/N-ethyl adjacent to an activating group) is 1. The smallest absolute Gasteiger partial charge is 0.265 e. The highest BCUT2D eigenvalue weighted by atomic mass is 35.5. The van der Waals surface area contributed by atoms with Gasteiger partial charge in [0.1, 0.15) is 12.3 Å². The van der Waals surface area contributed by atoms with Crippen molar-refractivity contribution in [2.75, 3.05) is 44.7 Å². The van der Waals surface area contributed by atoms with Gasteiger partial charge in [-0.05, 0) is 60.6 Å². The maximum Gasteiger partial charge on any atom is 0.265 e. The summed E-state index contributed by atoms with van der Waals surface area (Å²) in [5.74, 6) is -0.0110. The zero-order valence-corrected chi connectivity index (χ0v) is 22.3. The lowest BCUT2D eigenvalue weighted by molar-refractivity contribution is -0.133. The summed E-state index contributed by atoms with van der Waals surface area (Å²) in [5.41, 5.74) is 2.67. The maximum absolute atomic E-state index is 13.6. The molecular weight excluding hydrogens is 517 g/mol. The largest absolute Gasteiger partial charge is 0.482 e. The van der Waals surface area contributed by atoms with Gasteiger partial charge in [0, 0.05) is 24.5 Å². The fourth-order valence-corrected chi connectivity index (χ4v) is 5.83. The van der Waals surface area contributed by atoms with Gasteiger partial charge in [-0.2, -0.15) is 0 Å². The van der Waals surface area contributed by atoms with E-state index in [4.69, 9.17) is 27.9 Å². The first-order valence-corrected chi connectivity index (χ1v) is 13.6. The predicted octanol–water partition coefficient (Wildman–Crippen LogP) is 5.74. The Hall–Kier alpha value is -2.58. The van der Waals surface area contributed by atoms with E-state index in [0.717, 1.165) is 30.8 Å². The number of benzene rings is 2. The molecule has 3 aromatic rings. The van der Waals surface area contributed by atoms with E-state index in [-0.39, 0.29) is 31.0 Å². The quantitative estimate of drug-likeness (QED) is 0.381. The SMILES string of the molecule is CN(C(=O)CN1C(=O)COc2cc(Cl)c(Cl)cc21)C(CN1CCCC1)c1cccc(-c2cccs2)c1. The third kappa shape index (κ3) is 5.25. The van der Waals surface area contributed by atoms with Crippen LogP contribution in [0.3, 0.4) is 0 Å². The lowest BCUT2D eigenvalue weighted by Gasteiger charge is -2.35. The van der Waals surface area contributed by atoms with E-state index in [9.17, 15) is 9.59 Å². The molecule has 1 aromatic heterocycles. The second-order valence-electron chi connectivity index (χ2n) is 9.13. The molecule has 6 nitrogen and oxygen atoms in total. The van der Waals surface area contributed by atoms with Crippen molar-refractivity contribution in [3.8, 4) is 16.2 Å². The average molecular weight is 545 g/mol. The van der Waals surface area contributed by atoms with Gasteiger partial charge in [0.15, 0.2) is 6.61 Å². The number of nitrogens with zero attached hydrogens (tertiary/aromatic N) is 3. The number of rotatable bonds is 7. The van der Waals surface area contributed by atoms with Crippen molar-refractivity contribution in [3.63, 3.8) is 0 Å². The second kappa shape index (κ2) is 10.8. The van der Waals surface area contributed by atoms with E-state index >= 15 is 0 Å². The molecule has 0 aliphatic carbocycles. The van der Waals surface area contributed by atoms with Crippen molar-refractivity contribution in [2.24, 2.45) is 0 Å². The Bertz CT molecular complexity index is 1260. The van der Waals surface area contributed by atoms with Crippen LogP contribution in [0.2, 0.25) is 10.0 Å². The number of anilines is 1. The maximum atomic E-state index is 13.6. The molecule has 0 N–H and O–H groups in total. The molecule has 0 saturated carbocycles. The van der Waals surface area contributed by atoms with Crippen LogP contribution in [-0.2, 0) is 9.59 Å². The number of halogens is 2. The van der Waals surface area contributed by atoms with Gasteiger partial charge in [-0.25, -0.2) is 0 Å². The van der Waals surface area contributed by atoms with E-state index in [2.05, 4.69) is 34.5 Å². The Labute approximate surface area is 225 Å². The summed E-state index contributed by atoms with van der Waals surface area (Å²) in [4.78, 5) is 33.2. The van der Waals surface area contributed by atoms with E-state index in [1.807, 2.05) is 19.2 Å². The highest BCUT2D eigenvalue weighted by Crippen LogP contribution is 2.39. The summed E-state index contributed by atoms with van der Waals surface area (Å²) in [6.07, 6.45) is 2.34. The van der Waals surface area contributed by atoms with Gasteiger partial charge < -0.3 is 14.5 Å². The summed E-state index contributed by atoms with van der Waals surface area (Å²) in [6.45, 7) is 2.54. The Morgan fingerprint density at radius 1 is 1.11 bits per heavy atom. The van der Waals surface area contributed by atoms with E-state index in [1.54, 1.807) is 28.4 Å². The molecule has 2 aliphatic rings. The molecule has 2 aliphatic heterocycles. The summed E-state index contributed by atoms with van der Waals surface area (Å²) in [6, 6.07) is 15.6. The van der Waals surface area contributed by atoms with Crippen LogP contribution in [0.25, 0.3) is 10.4 Å². The second-order valence-corrected chi connectivity index (χ2v) is 10.9. The van der Waals surface area contributed by atoms with Crippen LogP contribution >= 0.6 is 34.5 Å². The van der Waals surface area contributed by atoms with Crippen molar-refractivity contribution in [1.29, 1.82) is 0 Å². The van der Waals surface area contributed by atoms with E-state index < -0.39 is 0 Å². The molecule has 0 spiro atoms. The molecule has 1 saturated heterocycles. The van der Waals surface area contributed by atoms with Crippen LogP contribution in [0.5, 0.6) is 5.75 Å². The minimum atomic E-state index is -0.293. The van der Waals surface area contributed by atoms with Gasteiger partial charge >= 0.3 is 0 Å². The van der Waals surface area contributed by atoms with Crippen molar-refractivity contribution < 1.29 is 14.3 Å². The lowest BCUT2D eigenvalue weighted by Crippen LogP contribution is -2.47. The Morgan fingerprint density at radius 2 is 1.89 bits per heavy atom. The standard InChI is InChI=1S/C27H27Cl2N3O3S/c1-30(26(33)16-32-22-13-20(28)21(29)14-24(22)35-17-27(32)34)23(15-31-9-2-3-10-31)18-6-4-7-19(12-18)25-8-5-11-36-25/h4-8,11-14,23H,2-3,9-10,15-17H2,1H3. The minimum absolute atomic E-state index is 0.106. The fraction of sp³-hybridized carbons (Fsp3) is 0.333. The van der Waals surface area contributed by atoms with Gasteiger partial charge in [0.05, 0.1) is 21.8 Å². The van der Waals surface area contributed by atoms with E-state index in [1.165, 1.54) is 22.6 Å². The van der Waals surface area contributed by atoms with Gasteiger partial charge in [-0.3, -0.25) is 14.5 Å². The lowest BCUT2D eigenvalue weighted by atomic mass is 10.0. The molecule has 36 heavy (non-hydrogen) atoms. The number of hydrogen-bond acceptors (Lipinski definition) is 5. The molecule has 1 unspecified atom stereocenters. The van der Waals surface area contributed by atoms with Crippen LogP contribution in [-0.4, -0.2) is 61.4 Å². The summed E-state index contributed by atoms with van der Waals surface area (Å²) < 4.78 is 5.53. The normalized spacial score (nSPS) is 16.5. The molecule has 1 atom stereocenters. The Balaban J connectivity index is 1.42. The van der Waals surface area contributed by atoms with Crippen molar-refractivity contribution in [1.82, 2.24) is 9.80 Å². The van der Waals surface area contributed by atoms with Crippen molar-refractivity contribution >= 4 is 52.0 Å². The molecule has 9 heteroatoms. The molecule has 0 radical (unpaired) electrons. The molecule has 1 fully saturated rings. The molecule has 2 amide bonds. The molecular formula is C27H27Cl2N3O3S. The summed E-state index contributed by atoms with van der Waals surface area (Å²) in [7, 11) is 1.82. The van der Waals surface area contributed by atoms with Gasteiger partial charge in [0.25, 0.3) is 5.91 Å². The third-order valence-electron chi connectivity index (χ3n) is 6.81. The number of likely N-dealkylation sites (tertiary alicyclic amines) is 1. The monoisotopic (exact) mass is 543 g/mol. The zero-order chi connectivity index (χ0) is 25.2. The topological polar surface area (TPSA) is 53.1 Å². The van der Waals surface area contributed by atoms with Gasteiger partial charge in [0.2, 0.25) is 5.91 Å². The average Bonchev–Trinajstić information content (AvgIpc) is 3.60. The number of thiophene rings is 1. The van der Waals surface area contributed by atoms with Gasteiger partial charge in [-0.15, -0.1) is 11.3 Å². The first-order chi connectivity index (χ1) is 17.4. The molecule has 188 valence electrons. The number of fused-ring (bicyclic) bond motifs is 1. The number of carbonyl (C=O) groups is 2. The highest BCUT2D eigenvalue weighted by molar-refractivity contribution is 7.13. The van der Waals surface area contributed by atoms with Crippen molar-refractivity contribution in [3.05, 3.63) is 69.5 Å². The van der Waals surface area contributed by atoms with Crippen molar-refractivity contribution in [2.45, 2.75) is 18.9 Å². The van der Waals surface area contributed by atoms with Gasteiger partial charge in [-0.1, -0.05) is 47.5 Å². The number of hydrogen-bond donors (Lipinski definition) is 0. The van der Waals surface area contributed by atoms with Crippen LogP contribution in [0, 0.1) is 0 Å². The highest BCUT2D eigenvalue weighted by Gasteiger charge is 2.32. The Morgan fingerprint density at radius 3 is 2.64 bits per heavy atom. The molecule has 2 aromatic carbocycles. The first-order valence-electron chi connectivity index (χ1n) is 11.9. The Kier molecular flexibility index (Phi) is 7.53. The minimum Gasteiger partial charge on any atom is -0.482 e. The van der Waals surface area contributed by atoms with Crippen LogP contribution in [0.1, 0.15) is 24.4 Å². The molecule has 3 heterocycles. The fourth-order valence-electron chi connectivity index (χ4n) is 4.79. The number of amides is 2. The predicted molar refractivity (Wildman–Crippen MR) is 145 cm³/mol. The number of carbonyl (C=O) groups excluding carboxylic acids is 2.